The van der Waals surface area contributed by atoms with Gasteiger partial charge in [0.25, 0.3) is 0 Å². The molecule has 2 aromatic rings. The first-order valence-corrected chi connectivity index (χ1v) is 7.11. The molecule has 108 valence electrons. The molecule has 1 heterocycles. The fourth-order valence-corrected chi connectivity index (χ4v) is 2.69. The Hall–Kier alpha value is -1.82. The zero-order chi connectivity index (χ0) is 14.7. The average Bonchev–Trinajstić information content (AvgIpc) is 2.69. The van der Waals surface area contributed by atoms with Gasteiger partial charge >= 0.3 is 7.12 Å². The molecule has 0 atom stereocenters. The number of fused-ring (bicyclic) bond motifs is 1. The van der Waals surface area contributed by atoms with Gasteiger partial charge < -0.3 is 14.8 Å². The molecule has 0 bridgehead atoms. The van der Waals surface area contributed by atoms with Crippen LogP contribution >= 0.6 is 0 Å². The molecule has 0 amide bonds. The zero-order valence-electron chi connectivity index (χ0n) is 11.8. The van der Waals surface area contributed by atoms with E-state index in [1.54, 1.807) is 6.07 Å². The lowest BCUT2D eigenvalue weighted by molar-refractivity contribution is 0.220. The predicted octanol–water partition coefficient (Wildman–Crippen LogP) is 0.761. The highest BCUT2D eigenvalue weighted by atomic mass is 16.5. The Labute approximate surface area is 124 Å². The smallest absolute Gasteiger partial charge is 0.488 e. The number of hydrogen-bond acceptors (Lipinski definition) is 4. The van der Waals surface area contributed by atoms with Gasteiger partial charge in [0.15, 0.2) is 0 Å². The summed E-state index contributed by atoms with van der Waals surface area (Å²) in [5, 5.41) is 18.9. The van der Waals surface area contributed by atoms with Crippen LogP contribution in [0.4, 0.5) is 0 Å². The van der Waals surface area contributed by atoms with E-state index >= 15 is 0 Å². The fraction of sp³-hybridized carbons (Fsp3) is 0.250. The Morgan fingerprint density at radius 3 is 2.67 bits per heavy atom. The van der Waals surface area contributed by atoms with Crippen LogP contribution in [-0.4, -0.2) is 35.2 Å². The monoisotopic (exact) mass is 283 g/mol. The molecule has 1 aliphatic heterocycles. The Morgan fingerprint density at radius 1 is 1.05 bits per heavy atom. The number of para-hydroxylation sites is 1. The van der Waals surface area contributed by atoms with Crippen LogP contribution in [0, 0.1) is 0 Å². The van der Waals surface area contributed by atoms with E-state index in [9.17, 15) is 10.0 Å². The van der Waals surface area contributed by atoms with Crippen molar-refractivity contribution in [2.45, 2.75) is 13.1 Å². The molecule has 3 rings (SSSR count). The maximum Gasteiger partial charge on any atom is 0.488 e. The van der Waals surface area contributed by atoms with Crippen LogP contribution in [-0.2, 0) is 13.1 Å². The van der Waals surface area contributed by atoms with Crippen molar-refractivity contribution in [1.82, 2.24) is 4.90 Å². The molecular formula is C16H18BNO3. The van der Waals surface area contributed by atoms with Gasteiger partial charge in [-0.3, -0.25) is 4.90 Å². The second kappa shape index (κ2) is 6.31. The van der Waals surface area contributed by atoms with Crippen molar-refractivity contribution in [1.29, 1.82) is 0 Å². The summed E-state index contributed by atoms with van der Waals surface area (Å²) in [6.45, 7) is 2.92. The highest BCUT2D eigenvalue weighted by molar-refractivity contribution is 6.59. The third-order valence-corrected chi connectivity index (χ3v) is 3.76. The van der Waals surface area contributed by atoms with E-state index < -0.39 is 7.12 Å². The minimum Gasteiger partial charge on any atom is -0.492 e. The molecular weight excluding hydrogens is 265 g/mol. The number of nitrogens with zero attached hydrogens (tertiary/aromatic N) is 1. The van der Waals surface area contributed by atoms with E-state index in [0.717, 1.165) is 30.0 Å². The summed E-state index contributed by atoms with van der Waals surface area (Å²) in [6, 6.07) is 15.5. The molecule has 0 spiro atoms. The summed E-state index contributed by atoms with van der Waals surface area (Å²) in [7, 11) is -1.43. The van der Waals surface area contributed by atoms with E-state index in [2.05, 4.69) is 11.0 Å². The maximum absolute atomic E-state index is 9.46. The first kappa shape index (κ1) is 14.1. The molecule has 0 saturated heterocycles. The lowest BCUT2D eigenvalue weighted by Gasteiger charge is -2.21. The highest BCUT2D eigenvalue weighted by Crippen LogP contribution is 2.23. The molecule has 0 aliphatic carbocycles. The molecule has 0 radical (unpaired) electrons. The summed E-state index contributed by atoms with van der Waals surface area (Å²) in [5.74, 6) is 0.940. The Kier molecular flexibility index (Phi) is 4.24. The number of benzene rings is 2. The summed E-state index contributed by atoms with van der Waals surface area (Å²) < 4.78 is 5.75. The first-order chi connectivity index (χ1) is 10.2. The normalized spacial score (nSPS) is 15.0. The molecule has 1 aliphatic rings. The number of ether oxygens (including phenoxy) is 1. The molecule has 0 aromatic heterocycles. The van der Waals surface area contributed by atoms with Crippen LogP contribution in [0.5, 0.6) is 5.75 Å². The van der Waals surface area contributed by atoms with Gasteiger partial charge in [-0.1, -0.05) is 42.5 Å². The lowest BCUT2D eigenvalue weighted by atomic mass is 9.77. The van der Waals surface area contributed by atoms with Gasteiger partial charge in [0.1, 0.15) is 12.4 Å². The Balaban J connectivity index is 1.80. The molecule has 2 N–H and O–H groups in total. The summed E-state index contributed by atoms with van der Waals surface area (Å²) >= 11 is 0. The van der Waals surface area contributed by atoms with Crippen molar-refractivity contribution in [3.05, 3.63) is 59.7 Å². The molecule has 21 heavy (non-hydrogen) atoms. The van der Waals surface area contributed by atoms with Crippen LogP contribution in [0.1, 0.15) is 11.1 Å². The molecule has 5 heteroatoms. The van der Waals surface area contributed by atoms with E-state index in [-0.39, 0.29) is 0 Å². The van der Waals surface area contributed by atoms with Crippen LogP contribution < -0.4 is 10.2 Å². The van der Waals surface area contributed by atoms with Gasteiger partial charge in [-0.2, -0.15) is 0 Å². The fourth-order valence-electron chi connectivity index (χ4n) is 2.69. The van der Waals surface area contributed by atoms with Crippen molar-refractivity contribution in [3.63, 3.8) is 0 Å². The number of hydrogen-bond donors (Lipinski definition) is 2. The summed E-state index contributed by atoms with van der Waals surface area (Å²) in [6.07, 6.45) is 0. The SMILES string of the molecule is OB(O)c1ccccc1CN1CCOc2ccccc2C1. The van der Waals surface area contributed by atoms with Crippen LogP contribution in [0.15, 0.2) is 48.5 Å². The largest absolute Gasteiger partial charge is 0.492 e. The number of rotatable bonds is 3. The quantitative estimate of drug-likeness (QED) is 0.817. The molecule has 4 nitrogen and oxygen atoms in total. The average molecular weight is 283 g/mol. The van der Waals surface area contributed by atoms with Crippen molar-refractivity contribution >= 4 is 12.6 Å². The first-order valence-electron chi connectivity index (χ1n) is 7.11. The predicted molar refractivity (Wildman–Crippen MR) is 82.3 cm³/mol. The van der Waals surface area contributed by atoms with Crippen molar-refractivity contribution < 1.29 is 14.8 Å². The zero-order valence-corrected chi connectivity index (χ0v) is 11.8. The molecule has 2 aromatic carbocycles. The second-order valence-electron chi connectivity index (χ2n) is 5.24. The molecule has 0 unspecified atom stereocenters. The van der Waals surface area contributed by atoms with Gasteiger partial charge in [-0.05, 0) is 17.1 Å². The van der Waals surface area contributed by atoms with Crippen LogP contribution in [0.25, 0.3) is 0 Å². The van der Waals surface area contributed by atoms with Crippen LogP contribution in [0.2, 0.25) is 0 Å². The maximum atomic E-state index is 9.46. The summed E-state index contributed by atoms with van der Waals surface area (Å²) in [5.41, 5.74) is 2.67. The van der Waals surface area contributed by atoms with E-state index in [1.807, 2.05) is 36.4 Å². The molecule has 0 fully saturated rings. The van der Waals surface area contributed by atoms with E-state index in [0.29, 0.717) is 18.6 Å². The third-order valence-electron chi connectivity index (χ3n) is 3.76. The van der Waals surface area contributed by atoms with E-state index in [1.165, 1.54) is 0 Å². The lowest BCUT2D eigenvalue weighted by Crippen LogP contribution is -2.36. The Bertz CT molecular complexity index is 618. The van der Waals surface area contributed by atoms with Crippen molar-refractivity contribution in [3.8, 4) is 5.75 Å². The molecule has 0 saturated carbocycles. The summed E-state index contributed by atoms with van der Waals surface area (Å²) in [4.78, 5) is 2.26. The van der Waals surface area contributed by atoms with E-state index in [4.69, 9.17) is 4.74 Å². The van der Waals surface area contributed by atoms with Crippen LogP contribution in [0.3, 0.4) is 0 Å². The third kappa shape index (κ3) is 3.27. The van der Waals surface area contributed by atoms with Gasteiger partial charge in [0.2, 0.25) is 0 Å². The van der Waals surface area contributed by atoms with Gasteiger partial charge in [0.05, 0.1) is 0 Å². The minimum atomic E-state index is -1.43. The topological polar surface area (TPSA) is 52.9 Å². The second-order valence-corrected chi connectivity index (χ2v) is 5.24. The Morgan fingerprint density at radius 2 is 1.81 bits per heavy atom. The highest BCUT2D eigenvalue weighted by Gasteiger charge is 2.19. The van der Waals surface area contributed by atoms with Crippen molar-refractivity contribution in [2.75, 3.05) is 13.2 Å². The van der Waals surface area contributed by atoms with Gasteiger partial charge in [-0.15, -0.1) is 0 Å². The van der Waals surface area contributed by atoms with Gasteiger partial charge in [-0.25, -0.2) is 0 Å². The van der Waals surface area contributed by atoms with Crippen molar-refractivity contribution in [2.24, 2.45) is 0 Å². The minimum absolute atomic E-state index is 0.566. The van der Waals surface area contributed by atoms with Gasteiger partial charge in [0, 0.05) is 25.2 Å². The standard InChI is InChI=1S/C16H18BNO3/c19-17(20)15-7-3-1-5-13(15)11-18-9-10-21-16-8-4-2-6-14(16)12-18/h1-8,19-20H,9-12H2.